The highest BCUT2D eigenvalue weighted by Gasteiger charge is 2.21. The molecule has 0 heterocycles. The summed E-state index contributed by atoms with van der Waals surface area (Å²) in [6, 6.07) is 16.1. The molecule has 0 saturated heterocycles. The quantitative estimate of drug-likeness (QED) is 0.333. The van der Waals surface area contributed by atoms with Crippen LogP contribution in [0.15, 0.2) is 54.6 Å². The molecule has 0 amide bonds. The van der Waals surface area contributed by atoms with Crippen LogP contribution in [0.5, 0.6) is 5.75 Å². The number of rotatable bonds is 11. The number of aromatic carboxylic acids is 1. The van der Waals surface area contributed by atoms with Gasteiger partial charge in [-0.2, -0.15) is 5.26 Å². The molecule has 0 fully saturated rings. The van der Waals surface area contributed by atoms with E-state index < -0.39 is 29.2 Å². The fourth-order valence-electron chi connectivity index (χ4n) is 4.03. The first kappa shape index (κ1) is 27.8. The van der Waals surface area contributed by atoms with Gasteiger partial charge in [0, 0.05) is 17.6 Å². The predicted octanol–water partition coefficient (Wildman–Crippen LogP) is 5.11. The van der Waals surface area contributed by atoms with Crippen molar-refractivity contribution in [1.29, 1.82) is 5.26 Å². The molecule has 0 aliphatic rings. The zero-order chi connectivity index (χ0) is 27.2. The molecule has 3 N–H and O–H groups in total. The molecule has 0 aliphatic heterocycles. The third-order valence-corrected chi connectivity index (χ3v) is 6.02. The number of aliphatic hydroxyl groups is 1. The standard InChI is InChI=1S/C29H30F2N2O4/c1-4-24-25(30)11-18(12-26(24)31)14-29(2,3)33-16-23(34)17-37-27-13-21(9-10-22(27)15-32)19-5-7-20(8-6-19)28(35)36/h5-13,23,33-34H,4,14,16-17H2,1-3H3,(H,35,36)/t23-/m1/s1. The Hall–Kier alpha value is -3.80. The third kappa shape index (κ3) is 7.35. The van der Waals surface area contributed by atoms with Gasteiger partial charge in [-0.25, -0.2) is 13.6 Å². The molecule has 37 heavy (non-hydrogen) atoms. The minimum Gasteiger partial charge on any atom is -0.489 e. The summed E-state index contributed by atoms with van der Waals surface area (Å²) in [6.07, 6.45) is -0.293. The minimum atomic E-state index is -1.02. The van der Waals surface area contributed by atoms with Crippen molar-refractivity contribution in [3.63, 3.8) is 0 Å². The smallest absolute Gasteiger partial charge is 0.335 e. The van der Waals surface area contributed by atoms with Gasteiger partial charge in [0.2, 0.25) is 0 Å². The van der Waals surface area contributed by atoms with Crippen LogP contribution >= 0.6 is 0 Å². The van der Waals surface area contributed by atoms with Gasteiger partial charge < -0.3 is 20.3 Å². The first-order valence-corrected chi connectivity index (χ1v) is 11.9. The Morgan fingerprint density at radius 3 is 2.27 bits per heavy atom. The first-order valence-electron chi connectivity index (χ1n) is 11.9. The number of β-amino-alcohol motifs (C(OH)–C–C–N with tert-alkyl or cyclic N) is 1. The lowest BCUT2D eigenvalue weighted by molar-refractivity contribution is 0.0697. The van der Waals surface area contributed by atoms with Crippen LogP contribution in [0.3, 0.4) is 0 Å². The van der Waals surface area contributed by atoms with Gasteiger partial charge in [0.25, 0.3) is 0 Å². The van der Waals surface area contributed by atoms with Crippen LogP contribution in [0.25, 0.3) is 11.1 Å². The van der Waals surface area contributed by atoms with Gasteiger partial charge in [-0.05, 0) is 79.8 Å². The largest absolute Gasteiger partial charge is 0.489 e. The van der Waals surface area contributed by atoms with Gasteiger partial charge in [0.05, 0.1) is 11.1 Å². The summed E-state index contributed by atoms with van der Waals surface area (Å²) in [5.41, 5.74) is 1.97. The number of ether oxygens (including phenoxy) is 1. The number of nitrogens with one attached hydrogen (secondary N) is 1. The number of carboxylic acids is 1. The molecule has 0 aliphatic carbocycles. The summed E-state index contributed by atoms with van der Waals surface area (Å²) in [5, 5.41) is 32.2. The van der Waals surface area contributed by atoms with Gasteiger partial charge in [-0.15, -0.1) is 0 Å². The summed E-state index contributed by atoms with van der Waals surface area (Å²) in [5.74, 6) is -1.84. The Kier molecular flexibility index (Phi) is 8.98. The maximum absolute atomic E-state index is 14.1. The van der Waals surface area contributed by atoms with E-state index in [0.717, 1.165) is 11.1 Å². The molecular formula is C29H30F2N2O4. The van der Waals surface area contributed by atoms with E-state index in [-0.39, 0.29) is 30.7 Å². The average Bonchev–Trinajstić information content (AvgIpc) is 2.85. The third-order valence-electron chi connectivity index (χ3n) is 6.02. The topological polar surface area (TPSA) is 103 Å². The summed E-state index contributed by atoms with van der Waals surface area (Å²) < 4.78 is 34.0. The molecular weight excluding hydrogens is 478 g/mol. The molecule has 0 radical (unpaired) electrons. The first-order chi connectivity index (χ1) is 17.5. The van der Waals surface area contributed by atoms with Crippen molar-refractivity contribution >= 4 is 5.97 Å². The normalized spacial score (nSPS) is 12.1. The fraction of sp³-hybridized carbons (Fsp3) is 0.310. The molecule has 0 saturated carbocycles. The number of nitrogens with zero attached hydrogens (tertiary/aromatic N) is 1. The highest BCUT2D eigenvalue weighted by molar-refractivity contribution is 5.88. The van der Waals surface area contributed by atoms with Crippen molar-refractivity contribution in [3.8, 4) is 22.9 Å². The maximum Gasteiger partial charge on any atom is 0.335 e. The van der Waals surface area contributed by atoms with Crippen molar-refractivity contribution in [2.75, 3.05) is 13.2 Å². The fourth-order valence-corrected chi connectivity index (χ4v) is 4.03. The van der Waals surface area contributed by atoms with E-state index in [1.54, 1.807) is 37.3 Å². The second-order valence-electron chi connectivity index (χ2n) is 9.50. The second kappa shape index (κ2) is 12.0. The number of hydrogen-bond acceptors (Lipinski definition) is 5. The van der Waals surface area contributed by atoms with Crippen LogP contribution in [0.2, 0.25) is 0 Å². The number of aliphatic hydroxyl groups excluding tert-OH is 1. The Bertz CT molecular complexity index is 1280. The molecule has 0 spiro atoms. The van der Waals surface area contributed by atoms with Crippen molar-refractivity contribution in [3.05, 3.63) is 88.5 Å². The van der Waals surface area contributed by atoms with E-state index in [9.17, 15) is 23.9 Å². The molecule has 3 aromatic rings. The monoisotopic (exact) mass is 508 g/mol. The minimum absolute atomic E-state index is 0.0696. The zero-order valence-electron chi connectivity index (χ0n) is 21.0. The number of hydrogen-bond donors (Lipinski definition) is 3. The number of carbonyl (C=O) groups is 1. The average molecular weight is 509 g/mol. The molecule has 0 bridgehead atoms. The predicted molar refractivity (Wildman–Crippen MR) is 137 cm³/mol. The molecule has 3 rings (SSSR count). The van der Waals surface area contributed by atoms with Gasteiger partial charge >= 0.3 is 5.97 Å². The second-order valence-corrected chi connectivity index (χ2v) is 9.50. The van der Waals surface area contributed by atoms with Crippen molar-refractivity contribution < 1.29 is 28.5 Å². The van der Waals surface area contributed by atoms with Crippen LogP contribution in [0.4, 0.5) is 8.78 Å². The van der Waals surface area contributed by atoms with E-state index in [4.69, 9.17) is 9.84 Å². The van der Waals surface area contributed by atoms with Crippen LogP contribution in [0.1, 0.15) is 47.8 Å². The van der Waals surface area contributed by atoms with Gasteiger partial charge in [-0.3, -0.25) is 0 Å². The molecule has 194 valence electrons. The van der Waals surface area contributed by atoms with Gasteiger partial charge in [0.15, 0.2) is 0 Å². The Morgan fingerprint density at radius 1 is 1.08 bits per heavy atom. The molecule has 1 atom stereocenters. The summed E-state index contributed by atoms with van der Waals surface area (Å²) in [7, 11) is 0. The van der Waals surface area contributed by atoms with Gasteiger partial charge in [-0.1, -0.05) is 25.1 Å². The summed E-state index contributed by atoms with van der Waals surface area (Å²) in [4.78, 5) is 11.1. The molecule has 0 aromatic heterocycles. The maximum atomic E-state index is 14.1. The van der Waals surface area contributed by atoms with Crippen molar-refractivity contribution in [1.82, 2.24) is 5.32 Å². The summed E-state index contributed by atoms with van der Waals surface area (Å²) in [6.45, 7) is 5.51. The lowest BCUT2D eigenvalue weighted by Gasteiger charge is -2.28. The van der Waals surface area contributed by atoms with E-state index in [0.29, 0.717) is 23.3 Å². The number of nitriles is 1. The van der Waals surface area contributed by atoms with E-state index in [2.05, 4.69) is 11.4 Å². The zero-order valence-corrected chi connectivity index (χ0v) is 21.0. The van der Waals surface area contributed by atoms with Crippen LogP contribution in [0, 0.1) is 23.0 Å². The number of halogens is 2. The number of carboxylic acid groups (broad SMARTS) is 1. The molecule has 0 unspecified atom stereocenters. The Balaban J connectivity index is 1.61. The molecule has 8 heteroatoms. The van der Waals surface area contributed by atoms with Crippen LogP contribution < -0.4 is 10.1 Å². The van der Waals surface area contributed by atoms with Crippen molar-refractivity contribution in [2.45, 2.75) is 45.3 Å². The highest BCUT2D eigenvalue weighted by Crippen LogP contribution is 2.28. The van der Waals surface area contributed by atoms with E-state index >= 15 is 0 Å². The van der Waals surface area contributed by atoms with Crippen LogP contribution in [-0.4, -0.2) is 41.0 Å². The van der Waals surface area contributed by atoms with Gasteiger partial charge in [0.1, 0.15) is 36.2 Å². The Morgan fingerprint density at radius 2 is 1.70 bits per heavy atom. The molecule has 6 nitrogen and oxygen atoms in total. The van der Waals surface area contributed by atoms with E-state index in [1.807, 2.05) is 13.8 Å². The van der Waals surface area contributed by atoms with E-state index in [1.165, 1.54) is 24.3 Å². The highest BCUT2D eigenvalue weighted by atomic mass is 19.1. The van der Waals surface area contributed by atoms with Crippen LogP contribution in [-0.2, 0) is 12.8 Å². The lowest BCUT2D eigenvalue weighted by atomic mass is 9.93. The SMILES string of the molecule is CCc1c(F)cc(CC(C)(C)NC[C@@H](O)COc2cc(-c3ccc(C(=O)O)cc3)ccc2C#N)cc1F. The summed E-state index contributed by atoms with van der Waals surface area (Å²) >= 11 is 0. The Labute approximate surface area is 215 Å². The number of benzene rings is 3. The molecule has 3 aromatic carbocycles. The lowest BCUT2D eigenvalue weighted by Crippen LogP contribution is -2.46. The van der Waals surface area contributed by atoms with Crippen molar-refractivity contribution in [2.24, 2.45) is 0 Å².